The second-order valence-electron chi connectivity index (χ2n) is 6.68. The van der Waals surface area contributed by atoms with Gasteiger partial charge in [0.25, 0.3) is 11.7 Å². The summed E-state index contributed by atoms with van der Waals surface area (Å²) in [4.78, 5) is 39.9. The molecule has 3 N–H and O–H groups in total. The van der Waals surface area contributed by atoms with Crippen LogP contribution in [0.2, 0.25) is 0 Å². The van der Waals surface area contributed by atoms with Crippen molar-refractivity contribution in [1.29, 1.82) is 0 Å². The van der Waals surface area contributed by atoms with Crippen molar-refractivity contribution >= 4 is 34.2 Å². The van der Waals surface area contributed by atoms with Gasteiger partial charge in [-0.3, -0.25) is 14.4 Å². The molecule has 0 bridgehead atoms. The fourth-order valence-electron chi connectivity index (χ4n) is 3.15. The molecule has 0 saturated heterocycles. The first-order chi connectivity index (χ1) is 13.5. The highest BCUT2D eigenvalue weighted by Gasteiger charge is 2.22. The van der Waals surface area contributed by atoms with Crippen LogP contribution in [0, 0.1) is 6.92 Å². The Bertz CT molecular complexity index is 1040. The SMILES string of the molecule is CCCC(=O)Nc1cccc(CNC(=O)C(=O)c2c(C)[nH]c3ccccc23)c1. The van der Waals surface area contributed by atoms with Crippen molar-refractivity contribution in [1.82, 2.24) is 10.3 Å². The predicted molar refractivity (Wildman–Crippen MR) is 109 cm³/mol. The molecule has 0 atom stereocenters. The number of carbonyl (C=O) groups is 3. The smallest absolute Gasteiger partial charge is 0.292 e. The fourth-order valence-corrected chi connectivity index (χ4v) is 3.15. The molecule has 0 aliphatic rings. The largest absolute Gasteiger partial charge is 0.358 e. The molecule has 2 amide bonds. The highest BCUT2D eigenvalue weighted by Crippen LogP contribution is 2.22. The second-order valence-corrected chi connectivity index (χ2v) is 6.68. The van der Waals surface area contributed by atoms with E-state index in [0.29, 0.717) is 23.4 Å². The number of amides is 2. The minimum Gasteiger partial charge on any atom is -0.358 e. The van der Waals surface area contributed by atoms with Crippen LogP contribution in [0.5, 0.6) is 0 Å². The Morgan fingerprint density at radius 3 is 2.61 bits per heavy atom. The minimum absolute atomic E-state index is 0.0475. The summed E-state index contributed by atoms with van der Waals surface area (Å²) in [5, 5.41) is 6.23. The van der Waals surface area contributed by atoms with Gasteiger partial charge in [0, 0.05) is 35.2 Å². The normalized spacial score (nSPS) is 10.6. The lowest BCUT2D eigenvalue weighted by atomic mass is 10.1. The van der Waals surface area contributed by atoms with Gasteiger partial charge in [0.15, 0.2) is 0 Å². The molecule has 0 radical (unpaired) electrons. The van der Waals surface area contributed by atoms with Crippen LogP contribution >= 0.6 is 0 Å². The van der Waals surface area contributed by atoms with E-state index in [1.54, 1.807) is 25.1 Å². The number of aromatic nitrogens is 1. The molecule has 3 rings (SSSR count). The summed E-state index contributed by atoms with van der Waals surface area (Å²) in [6.45, 7) is 3.92. The summed E-state index contributed by atoms with van der Waals surface area (Å²) in [5.41, 5.74) is 3.36. The van der Waals surface area contributed by atoms with Gasteiger partial charge < -0.3 is 15.6 Å². The number of aryl methyl sites for hydroxylation is 1. The Labute approximate surface area is 163 Å². The molecule has 0 aliphatic carbocycles. The van der Waals surface area contributed by atoms with Crippen LogP contribution in [0.1, 0.15) is 41.4 Å². The Kier molecular flexibility index (Phi) is 5.89. The van der Waals surface area contributed by atoms with E-state index in [1.165, 1.54) is 0 Å². The molecule has 28 heavy (non-hydrogen) atoms. The Balaban J connectivity index is 1.68. The van der Waals surface area contributed by atoms with E-state index in [4.69, 9.17) is 0 Å². The number of benzene rings is 2. The maximum atomic E-state index is 12.7. The number of Topliss-reactive ketones (excluding diaryl/α,β-unsaturated/α-hetero) is 1. The lowest BCUT2D eigenvalue weighted by Gasteiger charge is -2.08. The summed E-state index contributed by atoms with van der Waals surface area (Å²) < 4.78 is 0. The standard InChI is InChI=1S/C22H23N3O3/c1-3-7-19(26)25-16-9-6-8-15(12-16)13-23-22(28)21(27)20-14(2)24-18-11-5-4-10-17(18)20/h4-6,8-12,24H,3,7,13H2,1-2H3,(H,23,28)(H,25,26). The average molecular weight is 377 g/mol. The molecule has 6 heteroatoms. The number of hydrogen-bond acceptors (Lipinski definition) is 3. The van der Waals surface area contributed by atoms with Crippen molar-refractivity contribution in [3.8, 4) is 0 Å². The second kappa shape index (κ2) is 8.52. The molecule has 3 aromatic rings. The van der Waals surface area contributed by atoms with Gasteiger partial charge in [-0.05, 0) is 37.1 Å². The summed E-state index contributed by atoms with van der Waals surface area (Å²) in [7, 11) is 0. The number of para-hydroxylation sites is 1. The van der Waals surface area contributed by atoms with E-state index in [0.717, 1.165) is 22.9 Å². The third kappa shape index (κ3) is 4.28. The van der Waals surface area contributed by atoms with E-state index in [1.807, 2.05) is 37.3 Å². The van der Waals surface area contributed by atoms with Crippen LogP contribution in [0.3, 0.4) is 0 Å². The number of nitrogens with one attached hydrogen (secondary N) is 3. The van der Waals surface area contributed by atoms with Crippen molar-refractivity contribution in [3.05, 3.63) is 65.4 Å². The molecular weight excluding hydrogens is 354 g/mol. The molecule has 144 valence electrons. The van der Waals surface area contributed by atoms with Gasteiger partial charge in [-0.15, -0.1) is 0 Å². The molecule has 6 nitrogen and oxygen atoms in total. The van der Waals surface area contributed by atoms with Gasteiger partial charge in [-0.2, -0.15) is 0 Å². The zero-order valence-corrected chi connectivity index (χ0v) is 16.0. The van der Waals surface area contributed by atoms with Gasteiger partial charge >= 0.3 is 0 Å². The van der Waals surface area contributed by atoms with E-state index >= 15 is 0 Å². The first-order valence-corrected chi connectivity index (χ1v) is 9.28. The van der Waals surface area contributed by atoms with Crippen molar-refractivity contribution in [2.24, 2.45) is 0 Å². The van der Waals surface area contributed by atoms with E-state index in [2.05, 4.69) is 15.6 Å². The molecule has 2 aromatic carbocycles. The Hall–Kier alpha value is -3.41. The number of hydrogen-bond donors (Lipinski definition) is 3. The number of carbonyl (C=O) groups excluding carboxylic acids is 3. The molecule has 0 saturated carbocycles. The topological polar surface area (TPSA) is 91.1 Å². The van der Waals surface area contributed by atoms with Gasteiger partial charge in [0.1, 0.15) is 0 Å². The van der Waals surface area contributed by atoms with Crippen LogP contribution in [0.25, 0.3) is 10.9 Å². The van der Waals surface area contributed by atoms with Gasteiger partial charge in [-0.1, -0.05) is 37.3 Å². The minimum atomic E-state index is -0.659. The number of rotatable bonds is 7. The van der Waals surface area contributed by atoms with Crippen molar-refractivity contribution in [2.75, 3.05) is 5.32 Å². The van der Waals surface area contributed by atoms with E-state index < -0.39 is 11.7 Å². The van der Waals surface area contributed by atoms with Crippen molar-refractivity contribution < 1.29 is 14.4 Å². The van der Waals surface area contributed by atoms with Crippen LogP contribution in [-0.2, 0) is 16.1 Å². The maximum Gasteiger partial charge on any atom is 0.292 e. The molecule has 0 unspecified atom stereocenters. The molecule has 1 aromatic heterocycles. The Morgan fingerprint density at radius 1 is 1.04 bits per heavy atom. The first kappa shape index (κ1) is 19.4. The lowest BCUT2D eigenvalue weighted by Crippen LogP contribution is -2.30. The number of H-pyrrole nitrogens is 1. The number of ketones is 1. The molecule has 0 aliphatic heterocycles. The fraction of sp³-hybridized carbons (Fsp3) is 0.227. The predicted octanol–water partition coefficient (Wildman–Crippen LogP) is 3.71. The molecule has 1 heterocycles. The Morgan fingerprint density at radius 2 is 1.82 bits per heavy atom. The van der Waals surface area contributed by atoms with Crippen LogP contribution < -0.4 is 10.6 Å². The number of aromatic amines is 1. The quantitative estimate of drug-likeness (QED) is 0.433. The third-order valence-corrected chi connectivity index (χ3v) is 4.47. The number of anilines is 1. The first-order valence-electron chi connectivity index (χ1n) is 9.28. The lowest BCUT2D eigenvalue weighted by molar-refractivity contribution is -0.117. The average Bonchev–Trinajstić information content (AvgIpc) is 3.01. The van der Waals surface area contributed by atoms with Gasteiger partial charge in [0.2, 0.25) is 5.91 Å². The molecule has 0 fully saturated rings. The van der Waals surface area contributed by atoms with Gasteiger partial charge in [0.05, 0.1) is 5.56 Å². The highest BCUT2D eigenvalue weighted by molar-refractivity contribution is 6.45. The zero-order valence-electron chi connectivity index (χ0n) is 16.0. The van der Waals surface area contributed by atoms with Crippen LogP contribution in [-0.4, -0.2) is 22.6 Å². The van der Waals surface area contributed by atoms with Crippen molar-refractivity contribution in [3.63, 3.8) is 0 Å². The van der Waals surface area contributed by atoms with Crippen molar-refractivity contribution in [2.45, 2.75) is 33.2 Å². The molecular formula is C22H23N3O3. The summed E-state index contributed by atoms with van der Waals surface area (Å²) in [6.07, 6.45) is 1.23. The van der Waals surface area contributed by atoms with E-state index in [-0.39, 0.29) is 12.5 Å². The zero-order chi connectivity index (χ0) is 20.1. The van der Waals surface area contributed by atoms with Crippen LogP contribution in [0.4, 0.5) is 5.69 Å². The maximum absolute atomic E-state index is 12.7. The third-order valence-electron chi connectivity index (χ3n) is 4.47. The van der Waals surface area contributed by atoms with E-state index in [9.17, 15) is 14.4 Å². The van der Waals surface area contributed by atoms with Gasteiger partial charge in [-0.25, -0.2) is 0 Å². The highest BCUT2D eigenvalue weighted by atomic mass is 16.2. The van der Waals surface area contributed by atoms with Crippen LogP contribution in [0.15, 0.2) is 48.5 Å². The summed E-state index contributed by atoms with van der Waals surface area (Å²) in [6, 6.07) is 14.6. The monoisotopic (exact) mass is 377 g/mol. The number of fused-ring (bicyclic) bond motifs is 1. The summed E-state index contributed by atoms with van der Waals surface area (Å²) >= 11 is 0. The molecule has 0 spiro atoms. The summed E-state index contributed by atoms with van der Waals surface area (Å²) in [5.74, 6) is -1.27.